The van der Waals surface area contributed by atoms with Crippen molar-refractivity contribution in [3.05, 3.63) is 62.8 Å². The Morgan fingerprint density at radius 1 is 1.22 bits per heavy atom. The Bertz CT molecular complexity index is 908. The molecular weight excluding hydrogens is 342 g/mol. The Hall–Kier alpha value is -2.47. The molecule has 0 unspecified atom stereocenters. The molecule has 6 nitrogen and oxygen atoms in total. The molecule has 1 N–H and O–H groups in total. The minimum Gasteiger partial charge on any atom is -0.383 e. The summed E-state index contributed by atoms with van der Waals surface area (Å²) in [6.45, 7) is 8.85. The maximum Gasteiger partial charge on any atom is 0.263 e. The van der Waals surface area contributed by atoms with Crippen LogP contribution in [0, 0.1) is 20.8 Å². The van der Waals surface area contributed by atoms with Gasteiger partial charge in [-0.3, -0.25) is 14.6 Å². The molecule has 6 heteroatoms. The van der Waals surface area contributed by atoms with Gasteiger partial charge in [0.15, 0.2) is 0 Å². The van der Waals surface area contributed by atoms with Gasteiger partial charge in [0.25, 0.3) is 11.5 Å². The molecule has 2 aromatic heterocycles. The molecule has 0 aliphatic carbocycles. The lowest BCUT2D eigenvalue weighted by atomic mass is 9.87. The largest absolute Gasteiger partial charge is 0.383 e. The minimum atomic E-state index is -1.03. The normalized spacial score (nSPS) is 16.4. The number of aliphatic hydroxyl groups is 1. The third-order valence-electron chi connectivity index (χ3n) is 5.50. The average Bonchev–Trinajstić information content (AvgIpc) is 2.62. The van der Waals surface area contributed by atoms with Crippen molar-refractivity contribution in [2.24, 2.45) is 0 Å². The van der Waals surface area contributed by atoms with Gasteiger partial charge in [-0.1, -0.05) is 6.07 Å². The molecule has 1 aliphatic heterocycles. The first kappa shape index (κ1) is 19.3. The third-order valence-corrected chi connectivity index (χ3v) is 5.50. The van der Waals surface area contributed by atoms with Crippen LogP contribution in [0.1, 0.15) is 52.6 Å². The summed E-state index contributed by atoms with van der Waals surface area (Å²) in [7, 11) is 0. The average molecular weight is 369 g/mol. The maximum absolute atomic E-state index is 13.0. The van der Waals surface area contributed by atoms with Crippen LogP contribution in [0.15, 0.2) is 29.2 Å². The fourth-order valence-electron chi connectivity index (χ4n) is 3.82. The number of hydrogen-bond acceptors (Lipinski definition) is 4. The lowest BCUT2D eigenvalue weighted by Gasteiger charge is -2.38. The second kappa shape index (κ2) is 7.27. The minimum absolute atomic E-state index is 0.235. The fraction of sp³-hybridized carbons (Fsp3) is 0.476. The van der Waals surface area contributed by atoms with Crippen molar-refractivity contribution in [1.82, 2.24) is 14.5 Å². The topological polar surface area (TPSA) is 75.4 Å². The first-order valence-electron chi connectivity index (χ1n) is 9.42. The molecule has 3 rings (SSSR count). The van der Waals surface area contributed by atoms with Gasteiger partial charge in [-0.2, -0.15) is 0 Å². The fourth-order valence-corrected chi connectivity index (χ4v) is 3.82. The summed E-state index contributed by atoms with van der Waals surface area (Å²) in [4.78, 5) is 31.8. The number of rotatable bonds is 3. The molecule has 1 saturated heterocycles. The highest BCUT2D eigenvalue weighted by molar-refractivity contribution is 5.95. The predicted molar refractivity (Wildman–Crippen MR) is 104 cm³/mol. The van der Waals surface area contributed by atoms with Crippen molar-refractivity contribution in [1.29, 1.82) is 0 Å². The van der Waals surface area contributed by atoms with Crippen LogP contribution in [0.4, 0.5) is 0 Å². The third kappa shape index (κ3) is 3.54. The number of pyridine rings is 2. The number of amides is 1. The van der Waals surface area contributed by atoms with Crippen LogP contribution in [0.2, 0.25) is 0 Å². The maximum atomic E-state index is 13.0. The van der Waals surface area contributed by atoms with Gasteiger partial charge < -0.3 is 14.6 Å². The molecule has 1 aliphatic rings. The SMILES string of the molecule is CCn1c(C)cc(C)c(C(=O)N2CCC(O)(c3ccc(C)cn3)CC2)c1=O. The Labute approximate surface area is 159 Å². The van der Waals surface area contributed by atoms with Gasteiger partial charge in [0.2, 0.25) is 0 Å². The van der Waals surface area contributed by atoms with Gasteiger partial charge in [0.05, 0.1) is 5.69 Å². The first-order chi connectivity index (χ1) is 12.8. The highest BCUT2D eigenvalue weighted by Crippen LogP contribution is 2.32. The summed E-state index contributed by atoms with van der Waals surface area (Å²) in [6.07, 6.45) is 2.55. The van der Waals surface area contributed by atoms with Gasteiger partial charge in [0, 0.05) is 31.5 Å². The summed E-state index contributed by atoms with van der Waals surface area (Å²) in [5.74, 6) is -0.251. The second-order valence-electron chi connectivity index (χ2n) is 7.44. The molecule has 0 atom stereocenters. The van der Waals surface area contributed by atoms with Crippen molar-refractivity contribution >= 4 is 5.91 Å². The van der Waals surface area contributed by atoms with Crippen LogP contribution in [0.3, 0.4) is 0 Å². The zero-order valence-corrected chi connectivity index (χ0v) is 16.5. The molecule has 3 heterocycles. The van der Waals surface area contributed by atoms with Gasteiger partial charge in [-0.25, -0.2) is 0 Å². The van der Waals surface area contributed by atoms with Gasteiger partial charge in [0.1, 0.15) is 11.2 Å². The van der Waals surface area contributed by atoms with Crippen molar-refractivity contribution in [2.75, 3.05) is 13.1 Å². The van der Waals surface area contributed by atoms with Gasteiger partial charge >= 0.3 is 0 Å². The molecule has 0 saturated carbocycles. The zero-order valence-electron chi connectivity index (χ0n) is 16.5. The Balaban J connectivity index is 1.82. The summed E-state index contributed by atoms with van der Waals surface area (Å²) < 4.78 is 1.62. The Morgan fingerprint density at radius 3 is 2.44 bits per heavy atom. The van der Waals surface area contributed by atoms with Crippen LogP contribution >= 0.6 is 0 Å². The monoisotopic (exact) mass is 369 g/mol. The summed E-state index contributed by atoms with van der Waals surface area (Å²) in [5.41, 5.74) is 2.21. The number of likely N-dealkylation sites (tertiary alicyclic amines) is 1. The van der Waals surface area contributed by atoms with E-state index < -0.39 is 5.60 Å². The van der Waals surface area contributed by atoms with E-state index in [1.54, 1.807) is 22.6 Å². The summed E-state index contributed by atoms with van der Waals surface area (Å²) in [5, 5.41) is 11.0. The lowest BCUT2D eigenvalue weighted by molar-refractivity contribution is -0.0244. The molecule has 0 aromatic carbocycles. The first-order valence-corrected chi connectivity index (χ1v) is 9.42. The number of aromatic nitrogens is 2. The Morgan fingerprint density at radius 2 is 1.89 bits per heavy atom. The van der Waals surface area contributed by atoms with Gasteiger partial charge in [-0.15, -0.1) is 0 Å². The van der Waals surface area contributed by atoms with E-state index in [2.05, 4.69) is 4.98 Å². The van der Waals surface area contributed by atoms with Crippen LogP contribution < -0.4 is 5.56 Å². The van der Waals surface area contributed by atoms with E-state index in [0.717, 1.165) is 11.3 Å². The predicted octanol–water partition coefficient (Wildman–Crippen LogP) is 2.31. The smallest absolute Gasteiger partial charge is 0.263 e. The van der Waals surface area contributed by atoms with Gasteiger partial charge in [-0.05, 0) is 63.8 Å². The molecule has 144 valence electrons. The van der Waals surface area contributed by atoms with E-state index in [4.69, 9.17) is 0 Å². The summed E-state index contributed by atoms with van der Waals surface area (Å²) in [6, 6.07) is 5.66. The molecule has 0 radical (unpaired) electrons. The van der Waals surface area contributed by atoms with E-state index in [0.29, 0.717) is 43.7 Å². The molecule has 0 bridgehead atoms. The highest BCUT2D eigenvalue weighted by Gasteiger charge is 2.37. The van der Waals surface area contributed by atoms with Crippen molar-refractivity contribution in [3.8, 4) is 0 Å². The molecule has 1 fully saturated rings. The quantitative estimate of drug-likeness (QED) is 0.901. The molecular formula is C21H27N3O3. The van der Waals surface area contributed by atoms with Crippen LogP contribution in [-0.4, -0.2) is 38.6 Å². The number of nitrogens with zero attached hydrogens (tertiary/aromatic N) is 3. The van der Waals surface area contributed by atoms with E-state index >= 15 is 0 Å². The molecule has 0 spiro atoms. The molecule has 1 amide bonds. The zero-order chi connectivity index (χ0) is 19.8. The van der Waals surface area contributed by atoms with Crippen molar-refractivity contribution in [2.45, 2.75) is 52.7 Å². The molecule has 2 aromatic rings. The van der Waals surface area contributed by atoms with Crippen LogP contribution in [0.5, 0.6) is 0 Å². The number of carbonyl (C=O) groups is 1. The standard InChI is InChI=1S/C21H27N3O3/c1-5-24-16(4)12-15(3)18(20(24)26)19(25)23-10-8-21(27,9-11-23)17-7-6-14(2)13-22-17/h6-7,12-13,27H,5,8-11H2,1-4H3. The number of aryl methyl sites for hydroxylation is 3. The van der Waals surface area contributed by atoms with E-state index in [-0.39, 0.29) is 17.0 Å². The number of piperidine rings is 1. The number of carbonyl (C=O) groups excluding carboxylic acids is 1. The van der Waals surface area contributed by atoms with E-state index in [1.807, 2.05) is 39.0 Å². The van der Waals surface area contributed by atoms with E-state index in [1.165, 1.54) is 0 Å². The van der Waals surface area contributed by atoms with Crippen molar-refractivity contribution < 1.29 is 9.90 Å². The lowest BCUT2D eigenvalue weighted by Crippen LogP contribution is -2.47. The number of hydrogen-bond donors (Lipinski definition) is 1. The van der Waals surface area contributed by atoms with Crippen molar-refractivity contribution in [3.63, 3.8) is 0 Å². The van der Waals surface area contributed by atoms with Crippen LogP contribution in [-0.2, 0) is 12.1 Å². The highest BCUT2D eigenvalue weighted by atomic mass is 16.3. The van der Waals surface area contributed by atoms with E-state index in [9.17, 15) is 14.7 Å². The summed E-state index contributed by atoms with van der Waals surface area (Å²) >= 11 is 0. The molecule has 27 heavy (non-hydrogen) atoms. The van der Waals surface area contributed by atoms with Crippen LogP contribution in [0.25, 0.3) is 0 Å². The Kier molecular flexibility index (Phi) is 5.20. The second-order valence-corrected chi connectivity index (χ2v) is 7.44.